The molecule has 5 nitrogen and oxygen atoms in total. The number of nitrogens with zero attached hydrogens (tertiary/aromatic N) is 1. The summed E-state index contributed by atoms with van der Waals surface area (Å²) in [4.78, 5) is 13.5. The van der Waals surface area contributed by atoms with Gasteiger partial charge in [0, 0.05) is 18.7 Å². The van der Waals surface area contributed by atoms with Gasteiger partial charge in [0.25, 0.3) is 5.91 Å². The van der Waals surface area contributed by atoms with Crippen molar-refractivity contribution in [2.45, 2.75) is 25.2 Å². The molecule has 0 bridgehead atoms. The van der Waals surface area contributed by atoms with E-state index in [0.717, 1.165) is 24.6 Å². The lowest BCUT2D eigenvalue weighted by molar-refractivity contribution is 0.0777. The summed E-state index contributed by atoms with van der Waals surface area (Å²) < 4.78 is 36.0. The summed E-state index contributed by atoms with van der Waals surface area (Å²) in [5.41, 5.74) is 0.0258. The van der Waals surface area contributed by atoms with Crippen LogP contribution in [0.3, 0.4) is 0 Å². The number of hydrogen-bond donors (Lipinski definition) is 1. The highest BCUT2D eigenvalue weighted by Gasteiger charge is 2.32. The van der Waals surface area contributed by atoms with Gasteiger partial charge in [0.1, 0.15) is 5.82 Å². The summed E-state index contributed by atoms with van der Waals surface area (Å²) in [6.45, 7) is 5.23. The van der Waals surface area contributed by atoms with Gasteiger partial charge in [-0.1, -0.05) is 13.8 Å². The third kappa shape index (κ3) is 3.16. The zero-order valence-electron chi connectivity index (χ0n) is 11.4. The monoisotopic (exact) mass is 300 g/mol. The second-order valence-electron chi connectivity index (χ2n) is 5.86. The Hall–Kier alpha value is -1.47. The van der Waals surface area contributed by atoms with Gasteiger partial charge in [0.2, 0.25) is 10.0 Å². The first-order chi connectivity index (χ1) is 9.08. The lowest BCUT2D eigenvalue weighted by Gasteiger charge is -2.20. The first-order valence-corrected chi connectivity index (χ1v) is 7.76. The van der Waals surface area contributed by atoms with E-state index in [1.165, 1.54) is 0 Å². The zero-order chi connectivity index (χ0) is 15.1. The topological polar surface area (TPSA) is 80.5 Å². The van der Waals surface area contributed by atoms with Gasteiger partial charge < -0.3 is 4.90 Å². The molecule has 1 aromatic carbocycles. The number of carbonyl (C=O) groups excluding carboxylic acids is 1. The van der Waals surface area contributed by atoms with Crippen LogP contribution >= 0.6 is 0 Å². The number of sulfonamides is 1. The molecule has 2 N–H and O–H groups in total. The minimum atomic E-state index is -4.04. The highest BCUT2D eigenvalue weighted by Crippen LogP contribution is 2.30. The maximum Gasteiger partial charge on any atom is 0.254 e. The molecule has 1 fully saturated rings. The number of carbonyl (C=O) groups is 1. The standard InChI is InChI=1S/C13H17FN2O3S/c1-13(2)3-4-16(8-13)12(17)9-5-10(14)7-11(6-9)20(15,18)19/h5-7H,3-4,8H2,1-2H3,(H2,15,18,19). The highest BCUT2D eigenvalue weighted by molar-refractivity contribution is 7.89. The molecule has 0 aliphatic carbocycles. The van der Waals surface area contributed by atoms with Gasteiger partial charge in [-0.15, -0.1) is 0 Å². The van der Waals surface area contributed by atoms with Crippen molar-refractivity contribution in [3.8, 4) is 0 Å². The molecule has 1 amide bonds. The lowest BCUT2D eigenvalue weighted by Crippen LogP contribution is -2.30. The SMILES string of the molecule is CC1(C)CCN(C(=O)c2cc(F)cc(S(N)(=O)=O)c2)C1. The highest BCUT2D eigenvalue weighted by atomic mass is 32.2. The van der Waals surface area contributed by atoms with Crippen molar-refractivity contribution in [3.63, 3.8) is 0 Å². The summed E-state index contributed by atoms with van der Waals surface area (Å²) in [6, 6.07) is 2.95. The van der Waals surface area contributed by atoms with Crippen LogP contribution in [0.5, 0.6) is 0 Å². The summed E-state index contributed by atoms with van der Waals surface area (Å²) >= 11 is 0. The lowest BCUT2D eigenvalue weighted by atomic mass is 9.93. The second-order valence-corrected chi connectivity index (χ2v) is 7.42. The molecule has 0 aromatic heterocycles. The van der Waals surface area contributed by atoms with E-state index in [9.17, 15) is 17.6 Å². The molecule has 110 valence electrons. The molecule has 1 aromatic rings. The molecular formula is C13H17FN2O3S. The summed E-state index contributed by atoms with van der Waals surface area (Å²) in [5.74, 6) is -1.17. The van der Waals surface area contributed by atoms with Crippen LogP contribution in [0.2, 0.25) is 0 Å². The molecule has 0 spiro atoms. The summed E-state index contributed by atoms with van der Waals surface area (Å²) in [7, 11) is -4.04. The number of halogens is 1. The molecule has 0 radical (unpaired) electrons. The Morgan fingerprint density at radius 2 is 2.00 bits per heavy atom. The normalized spacial score (nSPS) is 18.3. The van der Waals surface area contributed by atoms with Crippen molar-refractivity contribution in [2.24, 2.45) is 10.6 Å². The Kier molecular flexibility index (Phi) is 3.60. The fraction of sp³-hybridized carbons (Fsp3) is 0.462. The van der Waals surface area contributed by atoms with Crippen LogP contribution in [0.4, 0.5) is 4.39 Å². The van der Waals surface area contributed by atoms with Crippen LogP contribution in [-0.4, -0.2) is 32.3 Å². The van der Waals surface area contributed by atoms with Crippen molar-refractivity contribution in [1.29, 1.82) is 0 Å². The van der Waals surface area contributed by atoms with Crippen LogP contribution < -0.4 is 5.14 Å². The van der Waals surface area contributed by atoms with Crippen LogP contribution in [0.15, 0.2) is 23.1 Å². The average molecular weight is 300 g/mol. The van der Waals surface area contributed by atoms with Gasteiger partial charge >= 0.3 is 0 Å². The molecule has 1 saturated heterocycles. The predicted octanol–water partition coefficient (Wildman–Crippen LogP) is 1.35. The fourth-order valence-corrected chi connectivity index (χ4v) is 2.89. The molecule has 1 heterocycles. The maximum absolute atomic E-state index is 13.5. The van der Waals surface area contributed by atoms with Gasteiger partial charge in [-0.05, 0) is 30.0 Å². The molecule has 1 aliphatic heterocycles. The molecular weight excluding hydrogens is 283 g/mol. The van der Waals surface area contributed by atoms with Crippen molar-refractivity contribution < 1.29 is 17.6 Å². The number of hydrogen-bond acceptors (Lipinski definition) is 3. The van der Waals surface area contributed by atoms with Crippen LogP contribution in [0, 0.1) is 11.2 Å². The minimum Gasteiger partial charge on any atom is -0.338 e. The second kappa shape index (κ2) is 4.82. The van der Waals surface area contributed by atoms with E-state index in [4.69, 9.17) is 5.14 Å². The van der Waals surface area contributed by atoms with Crippen molar-refractivity contribution in [3.05, 3.63) is 29.6 Å². The van der Waals surface area contributed by atoms with Crippen molar-refractivity contribution in [1.82, 2.24) is 4.90 Å². The molecule has 7 heteroatoms. The van der Waals surface area contributed by atoms with Gasteiger partial charge in [-0.3, -0.25) is 4.79 Å². The maximum atomic E-state index is 13.5. The van der Waals surface area contributed by atoms with Gasteiger partial charge in [0.15, 0.2) is 0 Å². The van der Waals surface area contributed by atoms with Gasteiger partial charge in [-0.25, -0.2) is 17.9 Å². The Morgan fingerprint density at radius 3 is 2.50 bits per heavy atom. The van der Waals surface area contributed by atoms with Crippen LogP contribution in [0.1, 0.15) is 30.6 Å². The zero-order valence-corrected chi connectivity index (χ0v) is 12.2. The summed E-state index contributed by atoms with van der Waals surface area (Å²) in [6.07, 6.45) is 0.857. The van der Waals surface area contributed by atoms with E-state index < -0.39 is 15.8 Å². The Labute approximate surface area is 117 Å². The number of primary sulfonamides is 1. The van der Waals surface area contributed by atoms with E-state index in [1.54, 1.807) is 4.90 Å². The van der Waals surface area contributed by atoms with Crippen LogP contribution in [0.25, 0.3) is 0 Å². The molecule has 1 aliphatic rings. The number of nitrogens with two attached hydrogens (primary N) is 1. The Bertz CT molecular complexity index is 656. The quantitative estimate of drug-likeness (QED) is 0.895. The smallest absolute Gasteiger partial charge is 0.254 e. The molecule has 2 rings (SSSR count). The molecule has 20 heavy (non-hydrogen) atoms. The van der Waals surface area contributed by atoms with Gasteiger partial charge in [0.05, 0.1) is 4.90 Å². The molecule has 0 atom stereocenters. The number of amides is 1. The van der Waals surface area contributed by atoms with E-state index >= 15 is 0 Å². The fourth-order valence-electron chi connectivity index (χ4n) is 2.32. The number of rotatable bonds is 2. The van der Waals surface area contributed by atoms with E-state index in [1.807, 2.05) is 13.8 Å². The average Bonchev–Trinajstić information content (AvgIpc) is 2.67. The van der Waals surface area contributed by atoms with E-state index in [0.29, 0.717) is 13.1 Å². The van der Waals surface area contributed by atoms with Crippen molar-refractivity contribution in [2.75, 3.05) is 13.1 Å². The predicted molar refractivity (Wildman–Crippen MR) is 72.1 cm³/mol. The van der Waals surface area contributed by atoms with Crippen LogP contribution in [-0.2, 0) is 10.0 Å². The third-order valence-corrected chi connectivity index (χ3v) is 4.30. The summed E-state index contributed by atoms with van der Waals surface area (Å²) in [5, 5.41) is 4.97. The molecule has 0 saturated carbocycles. The third-order valence-electron chi connectivity index (χ3n) is 3.41. The Balaban J connectivity index is 2.34. The number of benzene rings is 1. The first-order valence-electron chi connectivity index (χ1n) is 6.21. The van der Waals surface area contributed by atoms with E-state index in [2.05, 4.69) is 0 Å². The van der Waals surface area contributed by atoms with Crippen molar-refractivity contribution >= 4 is 15.9 Å². The Morgan fingerprint density at radius 1 is 1.35 bits per heavy atom. The van der Waals surface area contributed by atoms with Gasteiger partial charge in [-0.2, -0.15) is 0 Å². The van der Waals surface area contributed by atoms with E-state index in [-0.39, 0.29) is 21.8 Å². The largest absolute Gasteiger partial charge is 0.338 e. The first kappa shape index (κ1) is 14.9. The number of likely N-dealkylation sites (tertiary alicyclic amines) is 1. The minimum absolute atomic E-state index is 0.00623. The molecule has 0 unspecified atom stereocenters.